The number of rotatable bonds is 5. The average molecular weight is 423 g/mol. The predicted octanol–water partition coefficient (Wildman–Crippen LogP) is 4.64. The maximum atomic E-state index is 13.3. The summed E-state index contributed by atoms with van der Waals surface area (Å²) in [4.78, 5) is 27.4. The van der Waals surface area contributed by atoms with Gasteiger partial charge in [0, 0.05) is 30.4 Å². The summed E-state index contributed by atoms with van der Waals surface area (Å²) in [5.74, 6) is 0.0680. The number of carbonyl (C=O) groups excluding carboxylic acids is 1. The number of alkyl halides is 2. The highest BCUT2D eigenvalue weighted by Crippen LogP contribution is 2.39. The van der Waals surface area contributed by atoms with Crippen molar-refractivity contribution >= 4 is 22.8 Å². The zero-order valence-electron chi connectivity index (χ0n) is 16.7. The van der Waals surface area contributed by atoms with Crippen LogP contribution in [-0.4, -0.2) is 30.9 Å². The zero-order chi connectivity index (χ0) is 22.1. The van der Waals surface area contributed by atoms with Gasteiger partial charge in [-0.25, -0.2) is 18.7 Å². The Balaban J connectivity index is 2.01. The van der Waals surface area contributed by atoms with Crippen molar-refractivity contribution in [3.05, 3.63) is 60.0 Å². The minimum absolute atomic E-state index is 0.272. The lowest BCUT2D eigenvalue weighted by atomic mass is 10.0. The topological polar surface area (TPSA) is 104 Å². The van der Waals surface area contributed by atoms with Crippen LogP contribution in [0.4, 0.5) is 14.6 Å². The molecule has 0 aromatic carbocycles. The number of carbonyl (C=O) groups is 1. The lowest BCUT2D eigenvalue weighted by molar-refractivity contribution is -0.114. The predicted molar refractivity (Wildman–Crippen MR) is 112 cm³/mol. The van der Waals surface area contributed by atoms with Crippen molar-refractivity contribution in [1.82, 2.24) is 19.9 Å². The van der Waals surface area contributed by atoms with Gasteiger partial charge in [-0.3, -0.25) is 9.78 Å². The minimum atomic E-state index is -2.72. The molecule has 9 heteroatoms. The number of nitrogens with zero attached hydrogens (tertiary/aromatic N) is 3. The summed E-state index contributed by atoms with van der Waals surface area (Å²) < 4.78 is 26.6. The second kappa shape index (κ2) is 8.19. The number of H-pyrrole nitrogens is 1. The molecule has 0 saturated carbocycles. The zero-order valence-corrected chi connectivity index (χ0v) is 16.7. The van der Waals surface area contributed by atoms with Crippen LogP contribution in [0.5, 0.6) is 0 Å². The van der Waals surface area contributed by atoms with Crippen LogP contribution in [0, 0.1) is 0 Å². The van der Waals surface area contributed by atoms with Crippen LogP contribution < -0.4 is 5.32 Å². The third-order valence-corrected chi connectivity index (χ3v) is 4.77. The fourth-order valence-electron chi connectivity index (χ4n) is 3.46. The van der Waals surface area contributed by atoms with Crippen molar-refractivity contribution in [2.75, 3.05) is 5.32 Å². The molecule has 0 aliphatic carbocycles. The number of amides is 1. The van der Waals surface area contributed by atoms with E-state index >= 15 is 0 Å². The Labute approximate surface area is 176 Å². The van der Waals surface area contributed by atoms with Gasteiger partial charge in [0.15, 0.2) is 0 Å². The summed E-state index contributed by atoms with van der Waals surface area (Å²) in [6, 6.07) is 9.48. The summed E-state index contributed by atoms with van der Waals surface area (Å²) in [5.41, 5.74) is 3.36. The molecule has 1 unspecified atom stereocenters. The first kappa shape index (κ1) is 20.5. The second-order valence-electron chi connectivity index (χ2n) is 7.03. The van der Waals surface area contributed by atoms with Gasteiger partial charge in [-0.05, 0) is 37.3 Å². The van der Waals surface area contributed by atoms with Gasteiger partial charge in [-0.15, -0.1) is 0 Å². The van der Waals surface area contributed by atoms with Crippen LogP contribution in [0.15, 0.2) is 48.8 Å². The molecule has 0 radical (unpaired) electrons. The van der Waals surface area contributed by atoms with Crippen molar-refractivity contribution in [2.45, 2.75) is 26.4 Å². The molecule has 4 rings (SSSR count). The molecule has 0 spiro atoms. The maximum absolute atomic E-state index is 13.3. The Bertz CT molecular complexity index is 1270. The number of anilines is 1. The highest BCUT2D eigenvalue weighted by atomic mass is 19.3. The van der Waals surface area contributed by atoms with Gasteiger partial charge in [0.1, 0.15) is 11.5 Å². The minimum Gasteiger partial charge on any atom is -0.389 e. The van der Waals surface area contributed by atoms with Crippen molar-refractivity contribution in [2.24, 2.45) is 0 Å². The van der Waals surface area contributed by atoms with Crippen LogP contribution in [-0.2, 0) is 4.79 Å². The number of aliphatic hydroxyl groups excluding tert-OH is 1. The van der Waals surface area contributed by atoms with Crippen LogP contribution in [0.3, 0.4) is 0 Å². The third kappa shape index (κ3) is 3.99. The van der Waals surface area contributed by atoms with E-state index in [2.05, 4.69) is 25.3 Å². The van der Waals surface area contributed by atoms with E-state index in [1.165, 1.54) is 25.3 Å². The van der Waals surface area contributed by atoms with Crippen LogP contribution >= 0.6 is 0 Å². The number of aromatic nitrogens is 4. The van der Waals surface area contributed by atoms with Crippen molar-refractivity contribution in [3.63, 3.8) is 0 Å². The molecule has 4 heterocycles. The molecule has 31 heavy (non-hydrogen) atoms. The van der Waals surface area contributed by atoms with Gasteiger partial charge in [0.05, 0.1) is 34.1 Å². The molecular weight excluding hydrogens is 404 g/mol. The Morgan fingerprint density at radius 3 is 2.65 bits per heavy atom. The largest absolute Gasteiger partial charge is 0.389 e. The fraction of sp³-hybridized carbons (Fsp3) is 0.182. The molecular formula is C22H19F2N5O2. The Kier molecular flexibility index (Phi) is 5.43. The molecule has 4 aromatic heterocycles. The number of pyridine rings is 3. The van der Waals surface area contributed by atoms with Crippen LogP contribution in [0.2, 0.25) is 0 Å². The van der Waals surface area contributed by atoms with Crippen molar-refractivity contribution < 1.29 is 18.7 Å². The number of fused-ring (bicyclic) bond motifs is 1. The molecule has 0 aliphatic rings. The van der Waals surface area contributed by atoms with E-state index in [-0.39, 0.29) is 11.6 Å². The quantitative estimate of drug-likeness (QED) is 0.434. The highest BCUT2D eigenvalue weighted by Gasteiger charge is 2.22. The molecule has 4 aromatic rings. The molecule has 158 valence electrons. The molecule has 0 saturated heterocycles. The molecule has 1 atom stereocenters. The standard InChI is InChI=1S/C22H19F2N5O2/c1-11(30)14-7-9-26-21-18(15-4-3-5-16(28-15)22(23)24)19(29-20(14)21)13-6-8-25-17(10-13)27-12(2)31/h3-11,22,29-30H,1-2H3,(H,25,27,31). The van der Waals surface area contributed by atoms with Gasteiger partial charge >= 0.3 is 0 Å². The third-order valence-electron chi connectivity index (χ3n) is 4.77. The second-order valence-corrected chi connectivity index (χ2v) is 7.03. The lowest BCUT2D eigenvalue weighted by Crippen LogP contribution is -2.07. The van der Waals surface area contributed by atoms with E-state index in [0.717, 1.165) is 0 Å². The van der Waals surface area contributed by atoms with Gasteiger partial charge in [-0.1, -0.05) is 6.07 Å². The van der Waals surface area contributed by atoms with E-state index in [0.29, 0.717) is 44.9 Å². The van der Waals surface area contributed by atoms with E-state index in [1.807, 2.05) is 0 Å². The summed E-state index contributed by atoms with van der Waals surface area (Å²) >= 11 is 0. The van der Waals surface area contributed by atoms with Gasteiger partial charge in [0.25, 0.3) is 6.43 Å². The molecule has 7 nitrogen and oxygen atoms in total. The first-order valence-electron chi connectivity index (χ1n) is 9.53. The van der Waals surface area contributed by atoms with Crippen molar-refractivity contribution in [1.29, 1.82) is 0 Å². The van der Waals surface area contributed by atoms with Gasteiger partial charge in [-0.2, -0.15) is 0 Å². The number of nitrogens with one attached hydrogen (secondary N) is 2. The Morgan fingerprint density at radius 2 is 1.94 bits per heavy atom. The molecule has 0 fully saturated rings. The van der Waals surface area contributed by atoms with Gasteiger partial charge in [0.2, 0.25) is 5.91 Å². The monoisotopic (exact) mass is 423 g/mol. The Morgan fingerprint density at radius 1 is 1.16 bits per heavy atom. The smallest absolute Gasteiger partial charge is 0.280 e. The normalized spacial score (nSPS) is 12.3. The average Bonchev–Trinajstić information content (AvgIpc) is 3.13. The summed E-state index contributed by atoms with van der Waals surface area (Å²) in [6.45, 7) is 3.01. The highest BCUT2D eigenvalue weighted by molar-refractivity contribution is 6.02. The van der Waals surface area contributed by atoms with E-state index in [1.54, 1.807) is 37.4 Å². The number of aromatic amines is 1. The molecule has 3 N–H and O–H groups in total. The van der Waals surface area contributed by atoms with E-state index < -0.39 is 12.5 Å². The van der Waals surface area contributed by atoms with Gasteiger partial charge < -0.3 is 15.4 Å². The summed E-state index contributed by atoms with van der Waals surface area (Å²) in [5, 5.41) is 12.8. The van der Waals surface area contributed by atoms with E-state index in [4.69, 9.17) is 0 Å². The Hall–Kier alpha value is -3.72. The number of hydrogen-bond acceptors (Lipinski definition) is 5. The maximum Gasteiger partial charge on any atom is 0.280 e. The first-order valence-corrected chi connectivity index (χ1v) is 9.53. The lowest BCUT2D eigenvalue weighted by Gasteiger charge is -2.08. The van der Waals surface area contributed by atoms with Crippen molar-refractivity contribution in [3.8, 4) is 22.5 Å². The molecule has 0 bridgehead atoms. The number of hydrogen-bond donors (Lipinski definition) is 3. The molecule has 1 amide bonds. The fourth-order valence-corrected chi connectivity index (χ4v) is 3.46. The number of halogens is 2. The number of aliphatic hydroxyl groups is 1. The van der Waals surface area contributed by atoms with E-state index in [9.17, 15) is 18.7 Å². The summed E-state index contributed by atoms with van der Waals surface area (Å²) in [6.07, 6.45) is -0.417. The summed E-state index contributed by atoms with van der Waals surface area (Å²) in [7, 11) is 0. The first-order chi connectivity index (χ1) is 14.8. The van der Waals surface area contributed by atoms with Crippen LogP contribution in [0.1, 0.15) is 37.6 Å². The molecule has 0 aliphatic heterocycles. The SMILES string of the molecule is CC(=O)Nc1cc(-c2[nH]c3c(C(C)O)ccnc3c2-c2cccc(C(F)F)n2)ccn1. The van der Waals surface area contributed by atoms with Crippen LogP contribution in [0.25, 0.3) is 33.5 Å².